The minimum absolute atomic E-state index is 0.121. The van der Waals surface area contributed by atoms with Crippen LogP contribution in [-0.2, 0) is 10.8 Å². The summed E-state index contributed by atoms with van der Waals surface area (Å²) < 4.78 is 2.08. The van der Waals surface area contributed by atoms with E-state index in [9.17, 15) is 5.11 Å². The second-order valence-electron chi connectivity index (χ2n) is 17.5. The predicted octanol–water partition coefficient (Wildman–Crippen LogP) is 13.1. The van der Waals surface area contributed by atoms with Crippen LogP contribution >= 0.6 is 0 Å². The molecule has 0 bridgehead atoms. The third-order valence-corrected chi connectivity index (χ3v) is 11.3. The number of hydrogen-bond acceptors (Lipinski definition) is 4. The lowest BCUT2D eigenvalue weighted by atomic mass is 9.78. The number of nitrogens with zero attached hydrogens (tertiary/aromatic N) is 3. The number of phenols is 1. The molecule has 0 spiro atoms. The summed E-state index contributed by atoms with van der Waals surface area (Å²) >= 11 is 0. The summed E-state index contributed by atoms with van der Waals surface area (Å²) in [7, 11) is 0. The molecule has 1 aromatic heterocycles. The van der Waals surface area contributed by atoms with Crippen LogP contribution in [0.5, 0.6) is 5.75 Å². The molecule has 0 saturated heterocycles. The fraction of sp³-hybridized carbons (Fsp3) is 0.314. The van der Waals surface area contributed by atoms with Gasteiger partial charge in [0.15, 0.2) is 0 Å². The maximum Gasteiger partial charge on any atom is 0.128 e. The summed E-state index contributed by atoms with van der Waals surface area (Å²) in [6, 6.07) is 30.3. The van der Waals surface area contributed by atoms with Crippen molar-refractivity contribution >= 4 is 16.6 Å². The van der Waals surface area contributed by atoms with Crippen LogP contribution < -0.4 is 10.2 Å². The molecule has 288 valence electrons. The zero-order valence-electron chi connectivity index (χ0n) is 34.7. The van der Waals surface area contributed by atoms with Gasteiger partial charge in [-0.05, 0) is 114 Å². The minimum Gasteiger partial charge on any atom is -0.507 e. The first-order chi connectivity index (χ1) is 26.8. The van der Waals surface area contributed by atoms with Crippen LogP contribution in [0.25, 0.3) is 39.0 Å². The minimum atomic E-state index is -0.262. The van der Waals surface area contributed by atoms with Gasteiger partial charge in [-0.2, -0.15) is 5.10 Å². The highest BCUT2D eigenvalue weighted by Gasteiger charge is 2.31. The zero-order valence-corrected chi connectivity index (χ0v) is 34.7. The molecule has 2 N–H and O–H groups in total. The van der Waals surface area contributed by atoms with Crippen LogP contribution in [0.2, 0.25) is 0 Å². The van der Waals surface area contributed by atoms with Crippen molar-refractivity contribution in [1.29, 1.82) is 0 Å². The quantitative estimate of drug-likeness (QED) is 0.155. The van der Waals surface area contributed by atoms with Crippen molar-refractivity contribution in [3.05, 3.63) is 155 Å². The highest BCUT2D eigenvalue weighted by Crippen LogP contribution is 2.45. The smallest absolute Gasteiger partial charge is 0.128 e. The molecule has 7 rings (SSSR count). The maximum absolute atomic E-state index is 12.1. The first-order valence-electron chi connectivity index (χ1n) is 20.3. The van der Waals surface area contributed by atoms with Crippen molar-refractivity contribution in [2.24, 2.45) is 5.92 Å². The van der Waals surface area contributed by atoms with E-state index < -0.39 is 0 Å². The second kappa shape index (κ2) is 15.5. The summed E-state index contributed by atoms with van der Waals surface area (Å²) in [5, 5.41) is 22.3. The Morgan fingerprint density at radius 2 is 1.66 bits per heavy atom. The number of aromatic hydroxyl groups is 1. The first kappa shape index (κ1) is 38.7. The number of dihydropyridines is 1. The molecule has 5 heteroatoms. The molecule has 1 aliphatic carbocycles. The monoisotopic (exact) mass is 742 g/mol. The van der Waals surface area contributed by atoms with Gasteiger partial charge >= 0.3 is 0 Å². The van der Waals surface area contributed by atoms with E-state index >= 15 is 0 Å². The third kappa shape index (κ3) is 7.65. The average molecular weight is 743 g/mol. The highest BCUT2D eigenvalue weighted by molar-refractivity contribution is 5.96. The number of allylic oxidation sites excluding steroid dienone is 8. The van der Waals surface area contributed by atoms with Crippen molar-refractivity contribution in [3.63, 3.8) is 0 Å². The Morgan fingerprint density at radius 1 is 0.911 bits per heavy atom. The van der Waals surface area contributed by atoms with Crippen molar-refractivity contribution in [2.75, 3.05) is 11.4 Å². The van der Waals surface area contributed by atoms with Gasteiger partial charge in [0.25, 0.3) is 0 Å². The lowest BCUT2D eigenvalue weighted by Gasteiger charge is -2.39. The third-order valence-electron chi connectivity index (χ3n) is 11.3. The Hall–Kier alpha value is -5.55. The van der Waals surface area contributed by atoms with Crippen molar-refractivity contribution in [1.82, 2.24) is 15.1 Å². The molecule has 0 amide bonds. The molecule has 5 aromatic rings. The standard InChI is InChI=1S/C51H58N4O/c1-10-11-20-34(2)41-25-19-21-35(3)48(41)54(46-27-17-18-28-52-46)39-29-37(36-22-13-12-14-23-36)30-40(33-39)55-45-26-16-15-24-42(45)47(53-55)43-31-38(50(4,5)6)32-44(49(43)56)51(7,8)9/h10-18,20,22-24,26-27,29-33,35,52,56H,19,21,25,28H2,1-9H3/b11-10-,34-20+. The summed E-state index contributed by atoms with van der Waals surface area (Å²) in [5.41, 5.74) is 12.5. The molecule has 4 aromatic carbocycles. The number of benzene rings is 4. The zero-order chi connectivity index (χ0) is 39.8. The lowest BCUT2D eigenvalue weighted by Crippen LogP contribution is -2.36. The number of rotatable bonds is 8. The number of anilines is 1. The number of aromatic nitrogens is 2. The number of hydrogen-bond donors (Lipinski definition) is 2. The molecule has 0 saturated carbocycles. The molecule has 0 fully saturated rings. The van der Waals surface area contributed by atoms with Gasteiger partial charge in [-0.15, -0.1) is 0 Å². The van der Waals surface area contributed by atoms with E-state index in [-0.39, 0.29) is 10.8 Å². The fourth-order valence-corrected chi connectivity index (χ4v) is 8.18. The fourth-order valence-electron chi connectivity index (χ4n) is 8.18. The molecule has 1 aliphatic heterocycles. The molecule has 1 atom stereocenters. The van der Waals surface area contributed by atoms with Crippen LogP contribution in [0.3, 0.4) is 0 Å². The Labute approximate surface area is 334 Å². The molecule has 1 unspecified atom stereocenters. The maximum atomic E-state index is 12.1. The van der Waals surface area contributed by atoms with E-state index in [1.807, 2.05) is 0 Å². The van der Waals surface area contributed by atoms with Gasteiger partial charge in [0.2, 0.25) is 0 Å². The molecule has 2 heterocycles. The molecular formula is C51H58N4O. The van der Waals surface area contributed by atoms with Gasteiger partial charge in [-0.3, -0.25) is 0 Å². The summed E-state index contributed by atoms with van der Waals surface area (Å²) in [4.78, 5) is 2.48. The molecule has 0 radical (unpaired) electrons. The number of nitrogens with one attached hydrogen (secondary N) is 1. The first-order valence-corrected chi connectivity index (χ1v) is 20.3. The van der Waals surface area contributed by atoms with Crippen LogP contribution in [0.1, 0.15) is 92.7 Å². The topological polar surface area (TPSA) is 53.3 Å². The van der Waals surface area contributed by atoms with E-state index in [0.29, 0.717) is 11.7 Å². The number of para-hydroxylation sites is 1. The van der Waals surface area contributed by atoms with Gasteiger partial charge in [-0.25, -0.2) is 4.68 Å². The summed E-state index contributed by atoms with van der Waals surface area (Å²) in [6.45, 7) is 20.6. The van der Waals surface area contributed by atoms with Gasteiger partial charge in [-0.1, -0.05) is 133 Å². The SMILES string of the molecule is C/C=C\C=C(/C)C1=C(N(C2=CC=CCN2)c2cc(-c3ccccc3)cc(-n3nc(-c4cc(C(C)(C)C)cc(C(C)(C)C)c4O)c4ccccc43)c2)C(C)CCC1. The number of fused-ring (bicyclic) bond motifs is 1. The largest absolute Gasteiger partial charge is 0.507 e. The Bertz CT molecular complexity index is 2410. The van der Waals surface area contributed by atoms with Gasteiger partial charge < -0.3 is 15.3 Å². The van der Waals surface area contributed by atoms with Gasteiger partial charge in [0, 0.05) is 34.4 Å². The van der Waals surface area contributed by atoms with Gasteiger partial charge in [0.05, 0.1) is 11.2 Å². The van der Waals surface area contributed by atoms with Crippen LogP contribution in [0.4, 0.5) is 5.69 Å². The van der Waals surface area contributed by atoms with Crippen LogP contribution in [0, 0.1) is 5.92 Å². The Balaban J connectivity index is 1.53. The van der Waals surface area contributed by atoms with Gasteiger partial charge in [0.1, 0.15) is 17.3 Å². The van der Waals surface area contributed by atoms with Crippen molar-refractivity contribution < 1.29 is 5.11 Å². The van der Waals surface area contributed by atoms with E-state index in [1.54, 1.807) is 0 Å². The molecule has 5 nitrogen and oxygen atoms in total. The predicted molar refractivity (Wildman–Crippen MR) is 237 cm³/mol. The lowest BCUT2D eigenvalue weighted by molar-refractivity contribution is 0.446. The number of phenolic OH excluding ortho intramolecular Hbond substituents is 1. The van der Waals surface area contributed by atoms with E-state index in [4.69, 9.17) is 5.10 Å². The molecular weight excluding hydrogens is 685 g/mol. The average Bonchev–Trinajstić information content (AvgIpc) is 3.57. The van der Waals surface area contributed by atoms with Crippen LogP contribution in [-0.4, -0.2) is 21.4 Å². The Morgan fingerprint density at radius 3 is 2.36 bits per heavy atom. The van der Waals surface area contributed by atoms with Crippen molar-refractivity contribution in [3.8, 4) is 33.8 Å². The van der Waals surface area contributed by atoms with E-state index in [2.05, 4.69) is 199 Å². The molecule has 2 aliphatic rings. The normalized spacial score (nSPS) is 16.8. The van der Waals surface area contributed by atoms with Crippen molar-refractivity contribution in [2.45, 2.75) is 92.4 Å². The summed E-state index contributed by atoms with van der Waals surface area (Å²) in [5.74, 6) is 1.70. The van der Waals surface area contributed by atoms with Crippen LogP contribution in [0.15, 0.2) is 144 Å². The highest BCUT2D eigenvalue weighted by atomic mass is 16.3. The second-order valence-corrected chi connectivity index (χ2v) is 17.5. The Kier molecular flexibility index (Phi) is 10.7. The van der Waals surface area contributed by atoms with E-state index in [0.717, 1.165) is 75.4 Å². The summed E-state index contributed by atoms with van der Waals surface area (Å²) in [6.07, 6.45) is 16.4. The van der Waals surface area contributed by atoms with E-state index in [1.165, 1.54) is 28.8 Å². The molecule has 56 heavy (non-hydrogen) atoms.